The average molecular weight is 374 g/mol. The van der Waals surface area contributed by atoms with Gasteiger partial charge in [-0.3, -0.25) is 14.4 Å². The Bertz CT molecular complexity index is 687. The summed E-state index contributed by atoms with van der Waals surface area (Å²) in [4.78, 5) is 47.9. The zero-order valence-electron chi connectivity index (χ0n) is 15.7. The number of hydrogen-bond donors (Lipinski definition) is 2. The van der Waals surface area contributed by atoms with E-state index in [9.17, 15) is 19.2 Å². The zero-order valence-corrected chi connectivity index (χ0v) is 15.7. The highest BCUT2D eigenvalue weighted by molar-refractivity contribution is 6.37. The molecule has 2 rings (SSSR count). The molecular formula is C20H26N2O5. The molecule has 2 unspecified atom stereocenters. The van der Waals surface area contributed by atoms with Crippen molar-refractivity contribution in [1.29, 1.82) is 0 Å². The standard InChI is InChI=1S/C20H26N2O5/c1-13(2)17(16(23)12-15-8-10-21-19(25)18(15)24)22-20(26)27-11-9-14-6-4-3-5-7-14/h3-7,13,15,17H,8-12H2,1-2H3,(H,21,25)(H,22,26). The third-order valence-electron chi connectivity index (χ3n) is 4.57. The first-order valence-electron chi connectivity index (χ1n) is 9.20. The first-order valence-corrected chi connectivity index (χ1v) is 9.20. The molecule has 2 amide bonds. The van der Waals surface area contributed by atoms with E-state index >= 15 is 0 Å². The SMILES string of the molecule is CC(C)C(NC(=O)OCCc1ccccc1)C(=O)CC1CCNC(=O)C1=O. The van der Waals surface area contributed by atoms with Crippen molar-refractivity contribution < 1.29 is 23.9 Å². The smallest absolute Gasteiger partial charge is 0.407 e. The van der Waals surface area contributed by atoms with Crippen LogP contribution in [-0.2, 0) is 25.5 Å². The number of rotatable bonds is 8. The van der Waals surface area contributed by atoms with Crippen LogP contribution in [0, 0.1) is 11.8 Å². The van der Waals surface area contributed by atoms with Gasteiger partial charge in [-0.2, -0.15) is 0 Å². The van der Waals surface area contributed by atoms with Crippen LogP contribution in [0.1, 0.15) is 32.3 Å². The van der Waals surface area contributed by atoms with Gasteiger partial charge in [-0.15, -0.1) is 0 Å². The Morgan fingerprint density at radius 2 is 1.93 bits per heavy atom. The number of nitrogens with one attached hydrogen (secondary N) is 2. The summed E-state index contributed by atoms with van der Waals surface area (Å²) in [5, 5.41) is 5.06. The van der Waals surface area contributed by atoms with Crippen molar-refractivity contribution in [2.75, 3.05) is 13.2 Å². The van der Waals surface area contributed by atoms with Crippen molar-refractivity contribution in [2.24, 2.45) is 11.8 Å². The van der Waals surface area contributed by atoms with Crippen molar-refractivity contribution in [1.82, 2.24) is 10.6 Å². The molecular weight excluding hydrogens is 348 g/mol. The van der Waals surface area contributed by atoms with E-state index in [1.54, 1.807) is 0 Å². The van der Waals surface area contributed by atoms with Crippen LogP contribution in [0.25, 0.3) is 0 Å². The predicted molar refractivity (Wildman–Crippen MR) is 99.0 cm³/mol. The van der Waals surface area contributed by atoms with Gasteiger partial charge in [0.25, 0.3) is 5.91 Å². The molecule has 0 saturated carbocycles. The van der Waals surface area contributed by atoms with Gasteiger partial charge in [0.05, 0.1) is 12.6 Å². The lowest BCUT2D eigenvalue weighted by Crippen LogP contribution is -2.48. The van der Waals surface area contributed by atoms with E-state index < -0.39 is 29.7 Å². The van der Waals surface area contributed by atoms with E-state index in [4.69, 9.17) is 4.74 Å². The fourth-order valence-electron chi connectivity index (χ4n) is 3.02. The highest BCUT2D eigenvalue weighted by Crippen LogP contribution is 2.17. The molecule has 1 aliphatic heterocycles. The molecule has 0 aromatic heterocycles. The summed E-state index contributed by atoms with van der Waals surface area (Å²) in [6.07, 6.45) is 0.299. The molecule has 0 bridgehead atoms. The number of carbonyl (C=O) groups is 4. The number of ketones is 2. The van der Waals surface area contributed by atoms with Gasteiger partial charge in [-0.05, 0) is 17.9 Å². The molecule has 27 heavy (non-hydrogen) atoms. The molecule has 0 aliphatic carbocycles. The molecule has 0 spiro atoms. The first kappa shape index (κ1) is 20.6. The Kier molecular flexibility index (Phi) is 7.52. The van der Waals surface area contributed by atoms with Gasteiger partial charge in [0.15, 0.2) is 5.78 Å². The molecule has 1 saturated heterocycles. The van der Waals surface area contributed by atoms with E-state index in [-0.39, 0.29) is 24.7 Å². The third-order valence-corrected chi connectivity index (χ3v) is 4.57. The molecule has 1 fully saturated rings. The second-order valence-corrected chi connectivity index (χ2v) is 7.01. The second-order valence-electron chi connectivity index (χ2n) is 7.01. The number of amides is 2. The number of hydrogen-bond acceptors (Lipinski definition) is 5. The Balaban J connectivity index is 1.84. The molecule has 1 aromatic carbocycles. The number of carbonyl (C=O) groups excluding carboxylic acids is 4. The van der Waals surface area contributed by atoms with Gasteiger partial charge < -0.3 is 15.4 Å². The van der Waals surface area contributed by atoms with E-state index in [0.29, 0.717) is 19.4 Å². The topological polar surface area (TPSA) is 102 Å². The van der Waals surface area contributed by atoms with E-state index in [2.05, 4.69) is 10.6 Å². The molecule has 1 aliphatic rings. The Morgan fingerprint density at radius 1 is 1.22 bits per heavy atom. The lowest BCUT2D eigenvalue weighted by atomic mass is 9.87. The van der Waals surface area contributed by atoms with Gasteiger partial charge in [-0.25, -0.2) is 4.79 Å². The van der Waals surface area contributed by atoms with E-state index in [0.717, 1.165) is 5.56 Å². The summed E-state index contributed by atoms with van der Waals surface area (Å²) in [5.41, 5.74) is 1.05. The monoisotopic (exact) mass is 374 g/mol. The predicted octanol–water partition coefficient (Wildman–Crippen LogP) is 1.64. The molecule has 2 N–H and O–H groups in total. The van der Waals surface area contributed by atoms with Crippen LogP contribution >= 0.6 is 0 Å². The van der Waals surface area contributed by atoms with Crippen LogP contribution in [-0.4, -0.2) is 42.8 Å². The minimum atomic E-state index is -0.757. The van der Waals surface area contributed by atoms with Crippen LogP contribution in [0.15, 0.2) is 30.3 Å². The van der Waals surface area contributed by atoms with Crippen LogP contribution in [0.4, 0.5) is 4.79 Å². The maximum atomic E-state index is 12.6. The number of Topliss-reactive ketones (excluding diaryl/α,β-unsaturated/α-hetero) is 2. The fourth-order valence-corrected chi connectivity index (χ4v) is 3.02. The molecule has 0 radical (unpaired) electrons. The first-order chi connectivity index (χ1) is 12.9. The molecule has 7 nitrogen and oxygen atoms in total. The number of benzene rings is 1. The second kappa shape index (κ2) is 9.85. The van der Waals surface area contributed by atoms with Crippen LogP contribution in [0.2, 0.25) is 0 Å². The third kappa shape index (κ3) is 6.20. The molecule has 7 heteroatoms. The zero-order chi connectivity index (χ0) is 19.8. The highest BCUT2D eigenvalue weighted by atomic mass is 16.5. The minimum absolute atomic E-state index is 0.0562. The fraction of sp³-hybridized carbons (Fsp3) is 0.500. The van der Waals surface area contributed by atoms with Crippen molar-refractivity contribution >= 4 is 23.6 Å². The molecule has 1 aromatic rings. The lowest BCUT2D eigenvalue weighted by Gasteiger charge is -2.25. The summed E-state index contributed by atoms with van der Waals surface area (Å²) >= 11 is 0. The van der Waals surface area contributed by atoms with Crippen molar-refractivity contribution in [2.45, 2.75) is 39.2 Å². The summed E-state index contributed by atoms with van der Waals surface area (Å²) in [7, 11) is 0. The Labute approximate surface area is 158 Å². The van der Waals surface area contributed by atoms with E-state index in [1.165, 1.54) is 0 Å². The number of alkyl carbamates (subject to hydrolysis) is 1. The average Bonchev–Trinajstić information content (AvgIpc) is 2.64. The van der Waals surface area contributed by atoms with Crippen molar-refractivity contribution in [3.8, 4) is 0 Å². The molecule has 2 atom stereocenters. The van der Waals surface area contributed by atoms with Gasteiger partial charge in [-0.1, -0.05) is 44.2 Å². The summed E-state index contributed by atoms with van der Waals surface area (Å²) in [6, 6.07) is 8.87. The van der Waals surface area contributed by atoms with Crippen molar-refractivity contribution in [3.63, 3.8) is 0 Å². The normalized spacial score (nSPS) is 18.0. The molecule has 1 heterocycles. The maximum absolute atomic E-state index is 12.6. The summed E-state index contributed by atoms with van der Waals surface area (Å²) < 4.78 is 5.17. The van der Waals surface area contributed by atoms with Gasteiger partial charge >= 0.3 is 6.09 Å². The largest absolute Gasteiger partial charge is 0.449 e. The lowest BCUT2D eigenvalue weighted by molar-refractivity contribution is -0.143. The summed E-state index contributed by atoms with van der Waals surface area (Å²) in [6.45, 7) is 4.20. The molecule has 146 valence electrons. The quantitative estimate of drug-likeness (QED) is 0.674. The number of ether oxygens (including phenoxy) is 1. The van der Waals surface area contributed by atoms with E-state index in [1.807, 2.05) is 44.2 Å². The van der Waals surface area contributed by atoms with Crippen molar-refractivity contribution in [3.05, 3.63) is 35.9 Å². The summed E-state index contributed by atoms with van der Waals surface area (Å²) in [5.74, 6) is -2.26. The maximum Gasteiger partial charge on any atom is 0.407 e. The Hall–Kier alpha value is -2.70. The van der Waals surface area contributed by atoms with Crippen LogP contribution in [0.5, 0.6) is 0 Å². The highest BCUT2D eigenvalue weighted by Gasteiger charge is 2.34. The Morgan fingerprint density at radius 3 is 2.59 bits per heavy atom. The minimum Gasteiger partial charge on any atom is -0.449 e. The van der Waals surface area contributed by atoms with Gasteiger partial charge in [0, 0.05) is 25.3 Å². The van der Waals surface area contributed by atoms with Crippen LogP contribution < -0.4 is 10.6 Å². The number of piperidine rings is 1. The van der Waals surface area contributed by atoms with Gasteiger partial charge in [0.1, 0.15) is 0 Å². The van der Waals surface area contributed by atoms with Crippen LogP contribution in [0.3, 0.4) is 0 Å². The van der Waals surface area contributed by atoms with Gasteiger partial charge in [0.2, 0.25) is 5.78 Å².